The molecule has 1 rings (SSSR count). The Hall–Kier alpha value is -2.64. The van der Waals surface area contributed by atoms with E-state index in [1.54, 1.807) is 10.8 Å². The van der Waals surface area contributed by atoms with E-state index in [-0.39, 0.29) is 73.3 Å². The van der Waals surface area contributed by atoms with Gasteiger partial charge in [0.15, 0.2) is 12.6 Å². The second-order valence-corrected chi connectivity index (χ2v) is 44.1. The number of hydrogen-bond donors (Lipinski definition) is 0. The first-order valence-corrected chi connectivity index (χ1v) is 55.6. The summed E-state index contributed by atoms with van der Waals surface area (Å²) in [7, 11) is 3.60. The number of rotatable bonds is 83. The Labute approximate surface area is 788 Å². The van der Waals surface area contributed by atoms with Gasteiger partial charge in [-0.15, -0.1) is 0 Å². The fraction of sp³-hybridized carbons (Fsp3) is 0.944. The van der Waals surface area contributed by atoms with E-state index in [4.69, 9.17) is 47.4 Å². The van der Waals surface area contributed by atoms with E-state index >= 15 is 0 Å². The van der Waals surface area contributed by atoms with Crippen molar-refractivity contribution >= 4 is 57.4 Å². The van der Waals surface area contributed by atoms with E-state index in [1.165, 1.54) is 231 Å². The largest absolute Gasteiger partial charge is 0.466 e. The lowest BCUT2D eigenvalue weighted by molar-refractivity contribution is -0.204. The average Bonchev–Trinajstić information content (AvgIpc) is 0.910. The molecule has 0 amide bonds. The maximum Gasteiger partial charge on any atom is 0.306 e. The first kappa shape index (κ1) is 127. The van der Waals surface area contributed by atoms with Crippen LogP contribution in [0, 0.1) is 33.5 Å². The topological polar surface area (TPSA) is 195 Å². The van der Waals surface area contributed by atoms with E-state index in [9.17, 15) is 28.8 Å². The van der Waals surface area contributed by atoms with Crippen LogP contribution < -0.4 is 0 Å². The highest BCUT2D eigenvalue weighted by Crippen LogP contribution is 2.31. The number of esters is 6. The van der Waals surface area contributed by atoms with E-state index in [1.807, 2.05) is 10.8 Å². The van der Waals surface area contributed by atoms with Gasteiger partial charge in [0.25, 0.3) is 0 Å². The highest BCUT2D eigenvalue weighted by atomic mass is 33.1. The number of ether oxygens (including phenoxy) is 10. The van der Waals surface area contributed by atoms with Crippen LogP contribution in [0.3, 0.4) is 0 Å². The van der Waals surface area contributed by atoms with Gasteiger partial charge in [0.1, 0.15) is 6.61 Å². The fourth-order valence-corrected chi connectivity index (χ4v) is 17.1. The molecule has 750 valence electrons. The summed E-state index contributed by atoms with van der Waals surface area (Å²) in [5, 5.41) is 0. The first-order valence-electron chi connectivity index (χ1n) is 53.1. The molecule has 18 heteroatoms. The second kappa shape index (κ2) is 92.8. The summed E-state index contributed by atoms with van der Waals surface area (Å²) < 4.78 is 56.1. The van der Waals surface area contributed by atoms with Crippen molar-refractivity contribution in [3.63, 3.8) is 0 Å². The molecule has 0 unspecified atom stereocenters. The highest BCUT2D eigenvalue weighted by Gasteiger charge is 2.25. The molecule has 0 aromatic heterocycles. The van der Waals surface area contributed by atoms with Gasteiger partial charge in [-0.05, 0) is 131 Å². The van der Waals surface area contributed by atoms with Crippen molar-refractivity contribution < 1.29 is 76.1 Å². The van der Waals surface area contributed by atoms with Crippen LogP contribution in [0.25, 0.3) is 0 Å². The van der Waals surface area contributed by atoms with E-state index in [2.05, 4.69) is 125 Å². The third kappa shape index (κ3) is 107. The molecule has 0 saturated carbocycles. The van der Waals surface area contributed by atoms with Gasteiger partial charge in [0, 0.05) is 68.7 Å². The number of carbonyl (C=O) groups is 6. The van der Waals surface area contributed by atoms with Crippen LogP contribution in [0.15, 0.2) is 0 Å². The summed E-state index contributed by atoms with van der Waals surface area (Å²) in [5.41, 5.74) is 1.32. The molecule has 0 bridgehead atoms. The monoisotopic (exact) mass is 1830 g/mol. The molecular formula is C108H210O16S2. The lowest BCUT2D eigenvalue weighted by Gasteiger charge is -2.29. The standard InChI is InChI=1S/C44H82O8.C25H50O4S2.C21H42O2.C18H36O2/c1-6-8-10-12-22-28-34-49-40(45)30-24-18-14-16-20-26-32-42(47)51-37-39(36-44(3,4)5)38-52-43(48)33-27-21-17-15-19-25-31-41(46)50-35-29-23-13-11-9-7-2;1-6-8-10-12-14-18-27-24(28-19-15-13-11-9-7-2)22-29-23(26)16-20-30-31-21-17-25(3,4)5;1-5-6-7-8-9-11-14-17-20(22)23-19-16-13-10-12-15-18-21(2,3)4;1-5-6-7-8-11-16-14-19-17(20-15-16)12-9-10-13-18(2,3)4/h39H,6-38H2,1-5H3;24H,6-22H2,1-5H3;5-19H2,1-4H3;16-17H,5-15H2,1-4H3. The summed E-state index contributed by atoms with van der Waals surface area (Å²) in [6.45, 7) is 46.0. The number of unbranched alkanes of at least 4 members (excludes halogenated alkanes) is 42. The molecular weight excluding hydrogens is 1620 g/mol. The molecule has 1 aliphatic rings. The minimum atomic E-state index is -0.435. The molecule has 0 N–H and O–H groups in total. The van der Waals surface area contributed by atoms with Crippen molar-refractivity contribution in [3.05, 3.63) is 0 Å². The Morgan fingerprint density at radius 2 is 0.532 bits per heavy atom. The Morgan fingerprint density at radius 1 is 0.270 bits per heavy atom. The molecule has 0 aromatic rings. The highest BCUT2D eigenvalue weighted by molar-refractivity contribution is 8.76. The van der Waals surface area contributed by atoms with Crippen molar-refractivity contribution in [3.8, 4) is 0 Å². The van der Waals surface area contributed by atoms with Gasteiger partial charge in [-0.3, -0.25) is 28.8 Å². The molecule has 16 nitrogen and oxygen atoms in total. The molecule has 1 fully saturated rings. The summed E-state index contributed by atoms with van der Waals surface area (Å²) >= 11 is 0. The second-order valence-electron chi connectivity index (χ2n) is 41.4. The van der Waals surface area contributed by atoms with Crippen LogP contribution in [0.5, 0.6) is 0 Å². The molecule has 0 radical (unpaired) electrons. The molecule has 1 saturated heterocycles. The fourth-order valence-electron chi connectivity index (χ4n) is 14.7. The summed E-state index contributed by atoms with van der Waals surface area (Å²) in [4.78, 5) is 72.3. The van der Waals surface area contributed by atoms with Gasteiger partial charge in [-0.25, -0.2) is 0 Å². The summed E-state index contributed by atoms with van der Waals surface area (Å²) in [5.74, 6) is 1.82. The smallest absolute Gasteiger partial charge is 0.306 e. The molecule has 0 aliphatic carbocycles. The molecule has 1 heterocycles. The molecule has 1 aliphatic heterocycles. The maximum absolute atomic E-state index is 12.4. The van der Waals surface area contributed by atoms with Crippen molar-refractivity contribution in [2.75, 3.05) is 77.6 Å². The van der Waals surface area contributed by atoms with E-state index in [0.29, 0.717) is 93.7 Å². The van der Waals surface area contributed by atoms with Crippen LogP contribution in [-0.4, -0.2) is 126 Å². The minimum absolute atomic E-state index is 0.00582. The van der Waals surface area contributed by atoms with Gasteiger partial charge < -0.3 is 47.4 Å². The normalized spacial score (nSPS) is 13.6. The van der Waals surface area contributed by atoms with Crippen LogP contribution in [-0.2, 0) is 76.1 Å². The lowest BCUT2D eigenvalue weighted by Crippen LogP contribution is -2.32. The Bertz CT molecular complexity index is 2280. The van der Waals surface area contributed by atoms with Gasteiger partial charge >= 0.3 is 35.8 Å². The van der Waals surface area contributed by atoms with Crippen LogP contribution >= 0.6 is 21.6 Å². The van der Waals surface area contributed by atoms with Crippen LogP contribution in [0.2, 0.25) is 0 Å². The number of hydrogen-bond acceptors (Lipinski definition) is 18. The zero-order valence-corrected chi connectivity index (χ0v) is 88.0. The SMILES string of the molecule is CCCCCCC1COC(CCCCC(C)(C)C)OC1.CCCCCCCCCC(=O)OCCCCCCCC(C)(C)C.CCCCCCCCOC(=O)CCCCCCCCC(=O)OCC(COC(=O)CCCCCCCCC(=O)OCCCCCCCC)CC(C)(C)C.CCCCCCCOC(COC(=O)CCSSCCC(C)(C)C)OCCCCCCC. The quantitative estimate of drug-likeness (QED) is 0.0183. The van der Waals surface area contributed by atoms with E-state index in [0.717, 1.165) is 166 Å². The molecule has 0 spiro atoms. The zero-order valence-electron chi connectivity index (χ0n) is 86.4. The zero-order chi connectivity index (χ0) is 94.0. The van der Waals surface area contributed by atoms with Gasteiger partial charge in [0.05, 0.1) is 52.7 Å². The maximum atomic E-state index is 12.4. The van der Waals surface area contributed by atoms with E-state index < -0.39 is 6.29 Å². The molecule has 0 atom stereocenters. The van der Waals surface area contributed by atoms with Crippen molar-refractivity contribution in [1.29, 1.82) is 0 Å². The summed E-state index contributed by atoms with van der Waals surface area (Å²) in [6.07, 6.45) is 69.8. The Morgan fingerprint density at radius 3 is 0.865 bits per heavy atom. The van der Waals surface area contributed by atoms with Gasteiger partial charge in [-0.1, -0.05) is 409 Å². The average molecular weight is 1830 g/mol. The van der Waals surface area contributed by atoms with Crippen molar-refractivity contribution in [1.82, 2.24) is 0 Å². The van der Waals surface area contributed by atoms with Crippen molar-refractivity contribution in [2.24, 2.45) is 33.5 Å². The van der Waals surface area contributed by atoms with Gasteiger partial charge in [-0.2, -0.15) is 0 Å². The predicted molar refractivity (Wildman–Crippen MR) is 536 cm³/mol. The number of carbonyl (C=O) groups excluding carboxylic acids is 6. The predicted octanol–water partition coefficient (Wildman–Crippen LogP) is 32.8. The molecule has 126 heavy (non-hydrogen) atoms. The first-order chi connectivity index (χ1) is 60.4. The Kier molecular flexibility index (Phi) is 93.9. The molecule has 0 aromatic carbocycles. The van der Waals surface area contributed by atoms with Crippen molar-refractivity contribution in [2.45, 2.75) is 548 Å². The minimum Gasteiger partial charge on any atom is -0.466 e. The lowest BCUT2D eigenvalue weighted by atomic mass is 9.85. The Balaban J connectivity index is -0.00000173. The third-order valence-corrected chi connectivity index (χ3v) is 25.1. The van der Waals surface area contributed by atoms with Crippen LogP contribution in [0.4, 0.5) is 0 Å². The summed E-state index contributed by atoms with van der Waals surface area (Å²) in [6, 6.07) is 0. The van der Waals surface area contributed by atoms with Gasteiger partial charge in [0.2, 0.25) is 0 Å². The van der Waals surface area contributed by atoms with Crippen LogP contribution in [0.1, 0.15) is 536 Å². The third-order valence-electron chi connectivity index (χ3n) is 22.7.